The molecule has 0 unspecified atom stereocenters. The van der Waals surface area contributed by atoms with Crippen molar-refractivity contribution in [1.82, 2.24) is 24.9 Å². The Balaban J connectivity index is 1.50. The number of hydrogen-bond donors (Lipinski definition) is 1. The average Bonchev–Trinajstić information content (AvgIpc) is 3.35. The Morgan fingerprint density at radius 2 is 2.07 bits per heavy atom. The van der Waals surface area contributed by atoms with Crippen molar-refractivity contribution in [2.45, 2.75) is 50.6 Å². The van der Waals surface area contributed by atoms with Crippen LogP contribution < -0.4 is 5.32 Å². The van der Waals surface area contributed by atoms with Crippen LogP contribution in [-0.2, 0) is 18.3 Å². The van der Waals surface area contributed by atoms with Gasteiger partial charge in [0.05, 0.1) is 12.6 Å². The predicted octanol–water partition coefficient (Wildman–Crippen LogP) is 2.39. The van der Waals surface area contributed by atoms with Crippen LogP contribution in [0.25, 0.3) is 0 Å². The van der Waals surface area contributed by atoms with Gasteiger partial charge in [0.2, 0.25) is 5.89 Å². The minimum Gasteiger partial charge on any atom is -0.381 e. The highest BCUT2D eigenvalue weighted by Crippen LogP contribution is 2.33. The molecule has 8 heteroatoms. The lowest BCUT2D eigenvalue weighted by Crippen LogP contribution is -2.34. The number of amides is 1. The lowest BCUT2D eigenvalue weighted by atomic mass is 9.99. The van der Waals surface area contributed by atoms with E-state index in [0.717, 1.165) is 62.9 Å². The molecule has 2 aliphatic rings. The molecule has 0 saturated carbocycles. The van der Waals surface area contributed by atoms with E-state index in [1.54, 1.807) is 7.05 Å². The van der Waals surface area contributed by atoms with Gasteiger partial charge >= 0.3 is 0 Å². The van der Waals surface area contributed by atoms with E-state index in [1.165, 1.54) is 6.42 Å². The van der Waals surface area contributed by atoms with E-state index in [-0.39, 0.29) is 11.9 Å². The van der Waals surface area contributed by atoms with Gasteiger partial charge in [0.25, 0.3) is 5.91 Å². The molecule has 0 spiro atoms. The van der Waals surface area contributed by atoms with E-state index < -0.39 is 0 Å². The molecule has 2 aromatic heterocycles. The maximum absolute atomic E-state index is 12.1. The summed E-state index contributed by atoms with van der Waals surface area (Å²) >= 11 is 0. The number of nitrogens with zero attached hydrogens (tertiary/aromatic N) is 4. The summed E-state index contributed by atoms with van der Waals surface area (Å²) in [6.45, 7) is 3.18. The molecule has 1 amide bonds. The Labute approximate surface area is 165 Å². The molecule has 8 nitrogen and oxygen atoms in total. The van der Waals surface area contributed by atoms with Crippen LogP contribution in [0.15, 0.2) is 16.7 Å². The molecule has 152 valence electrons. The number of rotatable bonds is 5. The molecule has 0 aliphatic carbocycles. The number of carbonyl (C=O) groups is 1. The Morgan fingerprint density at radius 1 is 1.25 bits per heavy atom. The van der Waals surface area contributed by atoms with E-state index in [4.69, 9.17) is 9.26 Å². The van der Waals surface area contributed by atoms with E-state index in [9.17, 15) is 4.79 Å². The molecule has 0 radical (unpaired) electrons. The van der Waals surface area contributed by atoms with Gasteiger partial charge in [-0.15, -0.1) is 0 Å². The molecule has 2 saturated heterocycles. The standard InChI is InChI=1S/C20H29N5O3/c1-21-19(26)17-7-6-15(24(17)2)16-5-3-4-10-25(16)13-18-22-20(28-23-18)14-8-11-27-12-9-14/h6-7,14,16H,3-5,8-13H2,1-2H3,(H,21,26)/t16-/m0/s1. The van der Waals surface area contributed by atoms with E-state index in [1.807, 2.05) is 17.7 Å². The molecule has 0 aromatic carbocycles. The molecule has 2 aromatic rings. The fourth-order valence-corrected chi connectivity index (χ4v) is 4.36. The molecule has 1 atom stereocenters. The minimum absolute atomic E-state index is 0.0598. The number of aromatic nitrogens is 3. The highest BCUT2D eigenvalue weighted by Gasteiger charge is 2.29. The smallest absolute Gasteiger partial charge is 0.267 e. The molecule has 4 heterocycles. The van der Waals surface area contributed by atoms with Crippen LogP contribution in [0.4, 0.5) is 0 Å². The molecular weight excluding hydrogens is 358 g/mol. The summed E-state index contributed by atoms with van der Waals surface area (Å²) in [6, 6.07) is 4.22. The molecule has 0 bridgehead atoms. The number of likely N-dealkylation sites (tertiary alicyclic amines) is 1. The summed E-state index contributed by atoms with van der Waals surface area (Å²) in [5.74, 6) is 1.74. The zero-order chi connectivity index (χ0) is 19.5. The van der Waals surface area contributed by atoms with Crippen LogP contribution in [0.2, 0.25) is 0 Å². The van der Waals surface area contributed by atoms with Crippen molar-refractivity contribution in [3.05, 3.63) is 35.2 Å². The fourth-order valence-electron chi connectivity index (χ4n) is 4.36. The SMILES string of the molecule is CNC(=O)c1ccc([C@@H]2CCCCN2Cc2noc(C3CCOCC3)n2)n1C. The summed E-state index contributed by atoms with van der Waals surface area (Å²) in [5, 5.41) is 6.95. The van der Waals surface area contributed by atoms with Gasteiger partial charge in [0, 0.05) is 38.9 Å². The number of ether oxygens (including phenoxy) is 1. The Morgan fingerprint density at radius 3 is 2.86 bits per heavy atom. The number of nitrogens with one attached hydrogen (secondary N) is 1. The van der Waals surface area contributed by atoms with Gasteiger partial charge in [0.1, 0.15) is 5.69 Å². The number of carbonyl (C=O) groups excluding carboxylic acids is 1. The van der Waals surface area contributed by atoms with Crippen molar-refractivity contribution in [3.8, 4) is 0 Å². The first-order valence-corrected chi connectivity index (χ1v) is 10.2. The van der Waals surface area contributed by atoms with Gasteiger partial charge in [0.15, 0.2) is 5.82 Å². The zero-order valence-electron chi connectivity index (χ0n) is 16.7. The monoisotopic (exact) mass is 387 g/mol. The Hall–Kier alpha value is -2.19. The van der Waals surface area contributed by atoms with Crippen molar-refractivity contribution < 1.29 is 14.1 Å². The Bertz CT molecular complexity index is 809. The number of hydrogen-bond acceptors (Lipinski definition) is 6. The van der Waals surface area contributed by atoms with E-state index in [2.05, 4.69) is 26.4 Å². The van der Waals surface area contributed by atoms with E-state index >= 15 is 0 Å². The Kier molecular flexibility index (Phi) is 5.77. The van der Waals surface area contributed by atoms with Gasteiger partial charge in [-0.05, 0) is 44.4 Å². The molecule has 2 aliphatic heterocycles. The summed E-state index contributed by atoms with van der Waals surface area (Å²) < 4.78 is 13.0. The summed E-state index contributed by atoms with van der Waals surface area (Å²) in [6.07, 6.45) is 5.30. The topological polar surface area (TPSA) is 85.4 Å². The largest absolute Gasteiger partial charge is 0.381 e. The van der Waals surface area contributed by atoms with Gasteiger partial charge < -0.3 is 19.1 Å². The summed E-state index contributed by atoms with van der Waals surface area (Å²) in [5.41, 5.74) is 1.84. The molecular formula is C20H29N5O3. The highest BCUT2D eigenvalue weighted by molar-refractivity contribution is 5.92. The predicted molar refractivity (Wildman–Crippen MR) is 103 cm³/mol. The zero-order valence-corrected chi connectivity index (χ0v) is 16.7. The van der Waals surface area contributed by atoms with Gasteiger partial charge in [-0.3, -0.25) is 9.69 Å². The summed E-state index contributed by atoms with van der Waals surface area (Å²) in [4.78, 5) is 19.2. The number of piperidine rings is 1. The molecule has 28 heavy (non-hydrogen) atoms. The lowest BCUT2D eigenvalue weighted by molar-refractivity contribution is 0.0778. The highest BCUT2D eigenvalue weighted by atomic mass is 16.5. The van der Waals surface area contributed by atoms with Gasteiger partial charge in [-0.25, -0.2) is 0 Å². The molecule has 2 fully saturated rings. The molecule has 1 N–H and O–H groups in total. The third-order valence-corrected chi connectivity index (χ3v) is 5.97. The first-order valence-electron chi connectivity index (χ1n) is 10.2. The van der Waals surface area contributed by atoms with Crippen LogP contribution in [-0.4, -0.2) is 52.3 Å². The van der Waals surface area contributed by atoms with Gasteiger partial charge in [-0.2, -0.15) is 4.98 Å². The second-order valence-corrected chi connectivity index (χ2v) is 7.70. The van der Waals surface area contributed by atoms with Crippen LogP contribution in [0.3, 0.4) is 0 Å². The van der Waals surface area contributed by atoms with E-state index in [0.29, 0.717) is 18.2 Å². The third kappa shape index (κ3) is 3.84. The average molecular weight is 387 g/mol. The maximum Gasteiger partial charge on any atom is 0.267 e. The van der Waals surface area contributed by atoms with Crippen molar-refractivity contribution in [2.75, 3.05) is 26.8 Å². The van der Waals surface area contributed by atoms with Crippen LogP contribution in [0.1, 0.15) is 72.0 Å². The van der Waals surface area contributed by atoms with Crippen molar-refractivity contribution in [1.29, 1.82) is 0 Å². The summed E-state index contributed by atoms with van der Waals surface area (Å²) in [7, 11) is 3.62. The van der Waals surface area contributed by atoms with Crippen molar-refractivity contribution >= 4 is 5.91 Å². The third-order valence-electron chi connectivity index (χ3n) is 5.97. The minimum atomic E-state index is -0.0598. The second-order valence-electron chi connectivity index (χ2n) is 7.70. The van der Waals surface area contributed by atoms with Crippen molar-refractivity contribution in [3.63, 3.8) is 0 Å². The lowest BCUT2D eigenvalue weighted by Gasteiger charge is -2.35. The van der Waals surface area contributed by atoms with Crippen LogP contribution >= 0.6 is 0 Å². The van der Waals surface area contributed by atoms with Crippen LogP contribution in [0, 0.1) is 0 Å². The second kappa shape index (κ2) is 8.45. The van der Waals surface area contributed by atoms with Gasteiger partial charge in [-0.1, -0.05) is 11.6 Å². The molecule has 4 rings (SSSR count). The fraction of sp³-hybridized carbons (Fsp3) is 0.650. The maximum atomic E-state index is 12.1. The van der Waals surface area contributed by atoms with Crippen molar-refractivity contribution in [2.24, 2.45) is 7.05 Å². The quantitative estimate of drug-likeness (QED) is 0.848. The first-order chi connectivity index (χ1) is 13.7. The van der Waals surface area contributed by atoms with Crippen LogP contribution in [0.5, 0.6) is 0 Å². The normalized spacial score (nSPS) is 21.7. The first kappa shape index (κ1) is 19.1.